The lowest BCUT2D eigenvalue weighted by Crippen LogP contribution is -1.94. The number of hydrogen-bond acceptors (Lipinski definition) is 3. The number of isothiocyanates is 1. The molecular formula is C8H4BrNO2S. The van der Waals surface area contributed by atoms with Crippen LogP contribution in [0.25, 0.3) is 0 Å². The second-order valence-corrected chi connectivity index (χ2v) is 3.21. The molecule has 0 bridgehead atoms. The van der Waals surface area contributed by atoms with E-state index >= 15 is 0 Å². The molecule has 1 aromatic carbocycles. The van der Waals surface area contributed by atoms with Crippen molar-refractivity contribution in [3.63, 3.8) is 0 Å². The Hall–Kier alpha value is -1.03. The first-order valence-corrected chi connectivity index (χ1v) is 4.46. The quantitative estimate of drug-likeness (QED) is 0.655. The second-order valence-electron chi connectivity index (χ2n) is 2.17. The molecule has 0 aliphatic carbocycles. The van der Waals surface area contributed by atoms with Crippen molar-refractivity contribution in [1.29, 1.82) is 0 Å². The summed E-state index contributed by atoms with van der Waals surface area (Å²) in [4.78, 5) is 14.3. The molecule has 0 radical (unpaired) electrons. The fraction of sp³-hybridized carbons (Fsp3) is 0. The van der Waals surface area contributed by atoms with Crippen molar-refractivity contribution < 1.29 is 9.90 Å². The summed E-state index contributed by atoms with van der Waals surface area (Å²) in [7, 11) is 0. The maximum Gasteiger partial charge on any atom is 0.335 e. The summed E-state index contributed by atoms with van der Waals surface area (Å²) in [5.74, 6) is -0.974. The number of aliphatic imine (C=N–C) groups is 1. The first kappa shape index (κ1) is 10.1. The minimum Gasteiger partial charge on any atom is -0.478 e. The molecule has 0 fully saturated rings. The zero-order valence-corrected chi connectivity index (χ0v) is 8.72. The van der Waals surface area contributed by atoms with Gasteiger partial charge in [-0.3, -0.25) is 0 Å². The summed E-state index contributed by atoms with van der Waals surface area (Å²) in [5.41, 5.74) is 0.773. The first-order valence-electron chi connectivity index (χ1n) is 3.26. The topological polar surface area (TPSA) is 49.7 Å². The van der Waals surface area contributed by atoms with Crippen molar-refractivity contribution in [2.75, 3.05) is 0 Å². The third kappa shape index (κ3) is 2.45. The molecule has 0 aromatic heterocycles. The molecule has 0 amide bonds. The predicted octanol–water partition coefficient (Wildman–Crippen LogP) is 2.88. The third-order valence-electron chi connectivity index (χ3n) is 1.36. The Kier molecular flexibility index (Phi) is 3.31. The van der Waals surface area contributed by atoms with E-state index < -0.39 is 5.97 Å². The number of hydrogen-bond donors (Lipinski definition) is 1. The van der Waals surface area contributed by atoms with Gasteiger partial charge in [-0.2, -0.15) is 4.99 Å². The molecule has 5 heteroatoms. The summed E-state index contributed by atoms with van der Waals surface area (Å²) >= 11 is 7.60. The van der Waals surface area contributed by atoms with E-state index in [4.69, 9.17) is 5.11 Å². The molecule has 1 rings (SSSR count). The van der Waals surface area contributed by atoms with E-state index in [0.717, 1.165) is 0 Å². The van der Waals surface area contributed by atoms with Crippen molar-refractivity contribution in [3.8, 4) is 0 Å². The standard InChI is InChI=1S/C8H4BrNO2S/c9-6-3-5(8(11)12)1-2-7(6)10-4-13/h1-3H,(H,11,12). The molecule has 1 aromatic rings. The molecule has 0 saturated carbocycles. The Bertz CT molecular complexity index is 399. The van der Waals surface area contributed by atoms with Gasteiger partial charge in [-0.25, -0.2) is 4.79 Å². The highest BCUT2D eigenvalue weighted by atomic mass is 79.9. The second kappa shape index (κ2) is 4.28. The van der Waals surface area contributed by atoms with E-state index in [0.29, 0.717) is 10.2 Å². The van der Waals surface area contributed by atoms with Crippen LogP contribution in [-0.2, 0) is 0 Å². The summed E-state index contributed by atoms with van der Waals surface area (Å²) < 4.78 is 0.588. The normalized spacial score (nSPS) is 9.00. The van der Waals surface area contributed by atoms with Gasteiger partial charge >= 0.3 is 5.97 Å². The van der Waals surface area contributed by atoms with Crippen LogP contribution in [-0.4, -0.2) is 16.2 Å². The molecule has 13 heavy (non-hydrogen) atoms. The monoisotopic (exact) mass is 257 g/mol. The van der Waals surface area contributed by atoms with Crippen LogP contribution in [0.2, 0.25) is 0 Å². The fourth-order valence-corrected chi connectivity index (χ4v) is 1.35. The van der Waals surface area contributed by atoms with E-state index in [2.05, 4.69) is 38.3 Å². The summed E-state index contributed by atoms with van der Waals surface area (Å²) in [6.07, 6.45) is 0. The molecule has 3 nitrogen and oxygen atoms in total. The number of carboxylic acid groups (broad SMARTS) is 1. The zero-order valence-electron chi connectivity index (χ0n) is 6.32. The number of rotatable bonds is 2. The molecule has 0 aliphatic rings. The number of carboxylic acids is 1. The average molecular weight is 258 g/mol. The number of thiocarbonyl (C=S) groups is 1. The van der Waals surface area contributed by atoms with Gasteiger partial charge in [-0.15, -0.1) is 0 Å². The predicted molar refractivity (Wildman–Crippen MR) is 55.8 cm³/mol. The van der Waals surface area contributed by atoms with Crippen molar-refractivity contribution in [2.45, 2.75) is 0 Å². The van der Waals surface area contributed by atoms with Crippen LogP contribution in [0.1, 0.15) is 10.4 Å². The summed E-state index contributed by atoms with van der Waals surface area (Å²) in [6.45, 7) is 0. The SMILES string of the molecule is O=C(O)c1ccc(N=C=S)c(Br)c1. The van der Waals surface area contributed by atoms with Gasteiger partial charge in [-0.05, 0) is 46.3 Å². The van der Waals surface area contributed by atoms with Gasteiger partial charge in [0.2, 0.25) is 0 Å². The van der Waals surface area contributed by atoms with Gasteiger partial charge < -0.3 is 5.11 Å². The van der Waals surface area contributed by atoms with Gasteiger partial charge in [0, 0.05) is 4.47 Å². The largest absolute Gasteiger partial charge is 0.478 e. The van der Waals surface area contributed by atoms with E-state index in [1.165, 1.54) is 12.1 Å². The first-order chi connectivity index (χ1) is 6.15. The summed E-state index contributed by atoms with van der Waals surface area (Å²) in [6, 6.07) is 4.49. The highest BCUT2D eigenvalue weighted by Gasteiger charge is 2.05. The van der Waals surface area contributed by atoms with Crippen LogP contribution >= 0.6 is 28.1 Å². The maximum atomic E-state index is 10.5. The fourth-order valence-electron chi connectivity index (χ4n) is 0.780. The minimum atomic E-state index is -0.974. The van der Waals surface area contributed by atoms with E-state index in [-0.39, 0.29) is 5.56 Å². The Balaban J connectivity index is 3.19. The van der Waals surface area contributed by atoms with Gasteiger partial charge in [0.05, 0.1) is 16.4 Å². The van der Waals surface area contributed by atoms with Gasteiger partial charge in [0.1, 0.15) is 0 Å². The molecule has 0 spiro atoms. The van der Waals surface area contributed by atoms with Gasteiger partial charge in [0.15, 0.2) is 0 Å². The number of carbonyl (C=O) groups is 1. The Morgan fingerprint density at radius 1 is 1.62 bits per heavy atom. The van der Waals surface area contributed by atoms with E-state index in [1.54, 1.807) is 6.07 Å². The van der Waals surface area contributed by atoms with E-state index in [1.807, 2.05) is 0 Å². The van der Waals surface area contributed by atoms with Crippen molar-refractivity contribution in [3.05, 3.63) is 28.2 Å². The van der Waals surface area contributed by atoms with Crippen LogP contribution in [0.5, 0.6) is 0 Å². The lowest BCUT2D eigenvalue weighted by atomic mass is 10.2. The lowest BCUT2D eigenvalue weighted by molar-refractivity contribution is 0.0697. The number of benzene rings is 1. The molecule has 66 valence electrons. The van der Waals surface area contributed by atoms with Crippen molar-refractivity contribution >= 4 is 45.0 Å². The Labute approximate surface area is 88.2 Å². The average Bonchev–Trinajstić information content (AvgIpc) is 2.08. The third-order valence-corrected chi connectivity index (χ3v) is 2.09. The number of nitrogens with zero attached hydrogens (tertiary/aromatic N) is 1. The van der Waals surface area contributed by atoms with E-state index in [9.17, 15) is 4.79 Å². The van der Waals surface area contributed by atoms with Crippen molar-refractivity contribution in [1.82, 2.24) is 0 Å². The van der Waals surface area contributed by atoms with Crippen LogP contribution in [0.15, 0.2) is 27.7 Å². The summed E-state index contributed by atoms with van der Waals surface area (Å²) in [5, 5.41) is 10.8. The Morgan fingerprint density at radius 2 is 2.31 bits per heavy atom. The Morgan fingerprint density at radius 3 is 2.77 bits per heavy atom. The maximum absolute atomic E-state index is 10.5. The van der Waals surface area contributed by atoms with Crippen molar-refractivity contribution in [2.24, 2.45) is 4.99 Å². The zero-order chi connectivity index (χ0) is 9.84. The van der Waals surface area contributed by atoms with Gasteiger partial charge in [0.25, 0.3) is 0 Å². The van der Waals surface area contributed by atoms with Crippen LogP contribution in [0, 0.1) is 0 Å². The van der Waals surface area contributed by atoms with Crippen LogP contribution in [0.4, 0.5) is 5.69 Å². The molecule has 0 atom stereocenters. The molecule has 0 unspecified atom stereocenters. The number of halogens is 1. The lowest BCUT2D eigenvalue weighted by Gasteiger charge is -1.97. The molecule has 0 heterocycles. The van der Waals surface area contributed by atoms with Crippen LogP contribution < -0.4 is 0 Å². The highest BCUT2D eigenvalue weighted by Crippen LogP contribution is 2.25. The smallest absolute Gasteiger partial charge is 0.335 e. The van der Waals surface area contributed by atoms with Gasteiger partial charge in [-0.1, -0.05) is 0 Å². The molecule has 1 N–H and O–H groups in total. The molecule has 0 aliphatic heterocycles. The molecule has 0 saturated heterocycles. The van der Waals surface area contributed by atoms with Crippen LogP contribution in [0.3, 0.4) is 0 Å². The number of aromatic carboxylic acids is 1. The highest BCUT2D eigenvalue weighted by molar-refractivity contribution is 9.10. The minimum absolute atomic E-state index is 0.204. The molecular weight excluding hydrogens is 254 g/mol.